The molecule has 4 aliphatic rings. The van der Waals surface area contributed by atoms with E-state index in [0.717, 1.165) is 25.6 Å². The molecular weight excluding hydrogens is 443 g/mol. The molecule has 1 aliphatic carbocycles. The van der Waals surface area contributed by atoms with Crippen LogP contribution >= 0.6 is 24.0 Å². The van der Waals surface area contributed by atoms with Gasteiger partial charge in [0.25, 0.3) is 0 Å². The number of guanidine groups is 1. The van der Waals surface area contributed by atoms with Crippen molar-refractivity contribution in [3.05, 3.63) is 0 Å². The molecule has 2 N–H and O–H groups in total. The van der Waals surface area contributed by atoms with Gasteiger partial charge in [-0.2, -0.15) is 0 Å². The summed E-state index contributed by atoms with van der Waals surface area (Å²) in [5.41, 5.74) is 0. The van der Waals surface area contributed by atoms with Crippen LogP contribution in [-0.4, -0.2) is 62.2 Å². The summed E-state index contributed by atoms with van der Waals surface area (Å²) in [7, 11) is 1.85. The molecule has 7 heteroatoms. The SMILES string of the molecule is CN=C(NCCNC(=O)CC1CCCC1)N1CC2C3CCC(O3)C2C1.I. The molecule has 4 fully saturated rings. The number of hydrogen-bond acceptors (Lipinski definition) is 3. The second kappa shape index (κ2) is 9.08. The molecule has 4 atom stereocenters. The van der Waals surface area contributed by atoms with Crippen LogP contribution in [0.25, 0.3) is 0 Å². The molecule has 0 spiro atoms. The van der Waals surface area contributed by atoms with E-state index in [4.69, 9.17) is 4.74 Å². The van der Waals surface area contributed by atoms with E-state index >= 15 is 0 Å². The van der Waals surface area contributed by atoms with Gasteiger partial charge in [-0.1, -0.05) is 12.8 Å². The van der Waals surface area contributed by atoms with Crippen LogP contribution in [0.5, 0.6) is 0 Å². The Morgan fingerprint density at radius 3 is 2.27 bits per heavy atom. The highest BCUT2D eigenvalue weighted by Crippen LogP contribution is 2.47. The van der Waals surface area contributed by atoms with Crippen molar-refractivity contribution in [3.63, 3.8) is 0 Å². The lowest BCUT2D eigenvalue weighted by Gasteiger charge is -2.23. The maximum Gasteiger partial charge on any atom is 0.220 e. The number of halogens is 1. The third-order valence-corrected chi connectivity index (χ3v) is 6.64. The standard InChI is InChI=1S/C19H32N4O2.HI/c1-20-19(22-9-8-21-18(24)10-13-4-2-3-5-13)23-11-14-15(12-23)17-7-6-16(14)25-17;/h13-17H,2-12H2,1H3,(H,20,22)(H,21,24);1H. The van der Waals surface area contributed by atoms with Gasteiger partial charge in [0.15, 0.2) is 5.96 Å². The minimum absolute atomic E-state index is 0. The summed E-state index contributed by atoms with van der Waals surface area (Å²) < 4.78 is 6.05. The number of fused-ring (bicyclic) bond motifs is 5. The Balaban J connectivity index is 0.00000196. The minimum Gasteiger partial charge on any atom is -0.374 e. The molecule has 1 amide bonds. The van der Waals surface area contributed by atoms with Gasteiger partial charge >= 0.3 is 0 Å². The number of likely N-dealkylation sites (tertiary alicyclic amines) is 1. The number of ether oxygens (including phenoxy) is 1. The molecule has 0 aromatic carbocycles. The summed E-state index contributed by atoms with van der Waals surface area (Å²) >= 11 is 0. The van der Waals surface area contributed by atoms with Crippen molar-refractivity contribution in [1.29, 1.82) is 0 Å². The predicted molar refractivity (Wildman–Crippen MR) is 113 cm³/mol. The van der Waals surface area contributed by atoms with E-state index in [1.165, 1.54) is 38.5 Å². The van der Waals surface area contributed by atoms with E-state index in [1.807, 2.05) is 7.05 Å². The Labute approximate surface area is 173 Å². The Morgan fingerprint density at radius 1 is 1.04 bits per heavy atom. The smallest absolute Gasteiger partial charge is 0.220 e. The van der Waals surface area contributed by atoms with Crippen molar-refractivity contribution in [2.24, 2.45) is 22.7 Å². The number of hydrogen-bond donors (Lipinski definition) is 2. The van der Waals surface area contributed by atoms with Gasteiger partial charge in [0, 0.05) is 51.5 Å². The third-order valence-electron chi connectivity index (χ3n) is 6.64. The van der Waals surface area contributed by atoms with Crippen LogP contribution in [0.4, 0.5) is 0 Å². The Kier molecular flexibility index (Phi) is 7.05. The number of rotatable bonds is 5. The maximum absolute atomic E-state index is 12.0. The van der Waals surface area contributed by atoms with Crippen molar-refractivity contribution in [3.8, 4) is 0 Å². The molecule has 3 aliphatic heterocycles. The van der Waals surface area contributed by atoms with Crippen LogP contribution in [0.2, 0.25) is 0 Å². The van der Waals surface area contributed by atoms with Crippen molar-refractivity contribution in [1.82, 2.24) is 15.5 Å². The average Bonchev–Trinajstić information content (AvgIpc) is 3.36. The summed E-state index contributed by atoms with van der Waals surface area (Å²) in [6.07, 6.45) is 9.16. The first-order valence-electron chi connectivity index (χ1n) is 10.1. The first-order chi connectivity index (χ1) is 12.2. The Morgan fingerprint density at radius 2 is 1.65 bits per heavy atom. The van der Waals surface area contributed by atoms with Gasteiger partial charge in [0.2, 0.25) is 5.91 Å². The van der Waals surface area contributed by atoms with Crippen molar-refractivity contribution in [2.45, 2.75) is 57.2 Å². The molecule has 6 nitrogen and oxygen atoms in total. The van der Waals surface area contributed by atoms with Gasteiger partial charge in [-0.25, -0.2) is 0 Å². The lowest BCUT2D eigenvalue weighted by molar-refractivity contribution is -0.121. The normalized spacial score (nSPS) is 33.3. The molecule has 3 heterocycles. The monoisotopic (exact) mass is 476 g/mol. The maximum atomic E-state index is 12.0. The molecule has 1 saturated carbocycles. The van der Waals surface area contributed by atoms with Gasteiger partial charge in [0.05, 0.1) is 12.2 Å². The molecule has 26 heavy (non-hydrogen) atoms. The van der Waals surface area contributed by atoms with E-state index < -0.39 is 0 Å². The number of aliphatic imine (C=N–C) groups is 1. The number of nitrogens with zero attached hydrogens (tertiary/aromatic N) is 2. The van der Waals surface area contributed by atoms with Crippen LogP contribution in [0.15, 0.2) is 4.99 Å². The topological polar surface area (TPSA) is 66.0 Å². The fourth-order valence-electron chi connectivity index (χ4n) is 5.39. The quantitative estimate of drug-likeness (QED) is 0.276. The summed E-state index contributed by atoms with van der Waals surface area (Å²) in [6, 6.07) is 0. The van der Waals surface area contributed by atoms with E-state index in [2.05, 4.69) is 20.5 Å². The minimum atomic E-state index is 0. The van der Waals surface area contributed by atoms with Crippen molar-refractivity contribution < 1.29 is 9.53 Å². The van der Waals surface area contributed by atoms with Gasteiger partial charge in [-0.05, 0) is 31.6 Å². The van der Waals surface area contributed by atoms with Crippen molar-refractivity contribution >= 4 is 35.8 Å². The van der Waals surface area contributed by atoms with Crippen LogP contribution in [0.1, 0.15) is 44.9 Å². The zero-order valence-electron chi connectivity index (χ0n) is 15.8. The molecule has 2 bridgehead atoms. The molecule has 4 unspecified atom stereocenters. The summed E-state index contributed by atoms with van der Waals surface area (Å²) in [5, 5.41) is 6.47. The van der Waals surface area contributed by atoms with Gasteiger partial charge in [-0.3, -0.25) is 9.79 Å². The van der Waals surface area contributed by atoms with E-state index in [1.54, 1.807) is 0 Å². The number of carbonyl (C=O) groups is 1. The number of nitrogens with one attached hydrogen (secondary N) is 2. The largest absolute Gasteiger partial charge is 0.374 e. The lowest BCUT2D eigenvalue weighted by Crippen LogP contribution is -2.44. The predicted octanol–water partition coefficient (Wildman–Crippen LogP) is 1.99. The van der Waals surface area contributed by atoms with Crippen LogP contribution in [0, 0.1) is 17.8 Å². The fraction of sp³-hybridized carbons (Fsp3) is 0.895. The third kappa shape index (κ3) is 4.29. The lowest BCUT2D eigenvalue weighted by atomic mass is 9.82. The highest BCUT2D eigenvalue weighted by Gasteiger charge is 2.53. The second-order valence-electron chi connectivity index (χ2n) is 8.20. The van der Waals surface area contributed by atoms with Gasteiger partial charge < -0.3 is 20.3 Å². The average molecular weight is 476 g/mol. The van der Waals surface area contributed by atoms with E-state index in [-0.39, 0.29) is 29.9 Å². The zero-order chi connectivity index (χ0) is 17.2. The number of amides is 1. The summed E-state index contributed by atoms with van der Waals surface area (Å²) in [4.78, 5) is 18.8. The molecule has 4 rings (SSSR count). The fourth-order valence-corrected chi connectivity index (χ4v) is 5.39. The van der Waals surface area contributed by atoms with Gasteiger partial charge in [0.1, 0.15) is 0 Å². The van der Waals surface area contributed by atoms with Crippen LogP contribution < -0.4 is 10.6 Å². The zero-order valence-corrected chi connectivity index (χ0v) is 18.1. The molecule has 148 valence electrons. The molecule has 0 aromatic heterocycles. The first-order valence-corrected chi connectivity index (χ1v) is 10.1. The second-order valence-corrected chi connectivity index (χ2v) is 8.20. The molecule has 0 aromatic rings. The Hall–Kier alpha value is -0.570. The van der Waals surface area contributed by atoms with Crippen molar-refractivity contribution in [2.75, 3.05) is 33.2 Å². The summed E-state index contributed by atoms with van der Waals surface area (Å²) in [5.74, 6) is 3.15. The van der Waals surface area contributed by atoms with E-state index in [0.29, 0.717) is 42.9 Å². The van der Waals surface area contributed by atoms with Crippen LogP contribution in [-0.2, 0) is 9.53 Å². The highest BCUT2D eigenvalue weighted by molar-refractivity contribution is 14.0. The number of carbonyl (C=O) groups excluding carboxylic acids is 1. The molecule has 3 saturated heterocycles. The summed E-state index contributed by atoms with van der Waals surface area (Å²) in [6.45, 7) is 3.51. The van der Waals surface area contributed by atoms with Gasteiger partial charge in [-0.15, -0.1) is 24.0 Å². The molecular formula is C19H33IN4O2. The van der Waals surface area contributed by atoms with Crippen LogP contribution in [0.3, 0.4) is 0 Å². The highest BCUT2D eigenvalue weighted by atomic mass is 127. The molecule has 0 radical (unpaired) electrons. The van der Waals surface area contributed by atoms with E-state index in [9.17, 15) is 4.79 Å². The Bertz CT molecular complexity index is 506. The first kappa shape index (κ1) is 20.2.